The van der Waals surface area contributed by atoms with Gasteiger partial charge in [0.25, 0.3) is 0 Å². The zero-order chi connectivity index (χ0) is 16.1. The average molecular weight is 322 g/mol. The number of benzene rings is 1. The first-order chi connectivity index (χ1) is 11.3. The van der Waals surface area contributed by atoms with Crippen molar-refractivity contribution >= 4 is 23.5 Å². The van der Waals surface area contributed by atoms with Gasteiger partial charge in [0.1, 0.15) is 5.03 Å². The number of rotatable bonds is 6. The van der Waals surface area contributed by atoms with Crippen LogP contribution in [-0.4, -0.2) is 26.7 Å². The van der Waals surface area contributed by atoms with Crippen LogP contribution in [0.4, 0.5) is 0 Å². The third-order valence-corrected chi connectivity index (χ3v) is 4.31. The number of fused-ring (bicyclic) bond motifs is 1. The van der Waals surface area contributed by atoms with Crippen LogP contribution in [0, 0.1) is 0 Å². The van der Waals surface area contributed by atoms with Crippen LogP contribution >= 0.6 is 11.8 Å². The Balaban J connectivity index is 2.17. The third kappa shape index (κ3) is 3.36. The lowest BCUT2D eigenvalue weighted by Crippen LogP contribution is -2.03. The molecule has 0 saturated carbocycles. The smallest absolute Gasteiger partial charge is 0.170 e. The SMILES string of the molecule is C=CC=Cc1cnc2c(SCCN)nc(-c3ccccc3)cn12. The zero-order valence-electron chi connectivity index (χ0n) is 12.7. The van der Waals surface area contributed by atoms with Crippen molar-refractivity contribution in [3.63, 3.8) is 0 Å². The minimum absolute atomic E-state index is 0.609. The van der Waals surface area contributed by atoms with E-state index in [4.69, 9.17) is 10.7 Å². The Morgan fingerprint density at radius 2 is 2.09 bits per heavy atom. The van der Waals surface area contributed by atoms with E-state index in [1.165, 1.54) is 0 Å². The molecule has 23 heavy (non-hydrogen) atoms. The van der Waals surface area contributed by atoms with Crippen LogP contribution in [0.15, 0.2) is 66.5 Å². The van der Waals surface area contributed by atoms with E-state index in [0.717, 1.165) is 33.4 Å². The molecule has 0 aliphatic rings. The minimum Gasteiger partial charge on any atom is -0.330 e. The Bertz CT molecular complexity index is 837. The Labute approximate surface area is 139 Å². The fraction of sp³-hybridized carbons (Fsp3) is 0.111. The van der Waals surface area contributed by atoms with Gasteiger partial charge in [-0.05, 0) is 6.08 Å². The molecule has 1 aromatic carbocycles. The highest BCUT2D eigenvalue weighted by Gasteiger charge is 2.11. The standard InChI is InChI=1S/C18H18N4S/c1-2-3-9-15-12-20-17-18(23-11-10-19)21-16(13-22(15)17)14-7-5-4-6-8-14/h2-9,12-13H,1,10-11,19H2. The maximum atomic E-state index is 5.64. The molecule has 0 radical (unpaired) electrons. The van der Waals surface area contributed by atoms with E-state index in [-0.39, 0.29) is 0 Å². The average Bonchev–Trinajstić information content (AvgIpc) is 3.01. The zero-order valence-corrected chi connectivity index (χ0v) is 13.5. The lowest BCUT2D eigenvalue weighted by molar-refractivity contribution is 1.03. The highest BCUT2D eigenvalue weighted by molar-refractivity contribution is 7.99. The van der Waals surface area contributed by atoms with Crippen LogP contribution in [0.5, 0.6) is 0 Å². The Hall–Kier alpha value is -2.37. The predicted octanol–water partition coefficient (Wildman–Crippen LogP) is 3.65. The molecule has 3 rings (SSSR count). The number of hydrogen-bond donors (Lipinski definition) is 1. The highest BCUT2D eigenvalue weighted by Crippen LogP contribution is 2.26. The normalized spacial score (nSPS) is 11.3. The summed E-state index contributed by atoms with van der Waals surface area (Å²) >= 11 is 1.63. The van der Waals surface area contributed by atoms with Crippen molar-refractivity contribution < 1.29 is 0 Å². The molecule has 5 heteroatoms. The lowest BCUT2D eigenvalue weighted by atomic mass is 10.2. The highest BCUT2D eigenvalue weighted by atomic mass is 32.2. The van der Waals surface area contributed by atoms with Gasteiger partial charge in [-0.25, -0.2) is 9.97 Å². The minimum atomic E-state index is 0.609. The number of thioether (sulfide) groups is 1. The van der Waals surface area contributed by atoms with E-state index in [1.54, 1.807) is 17.8 Å². The Kier molecular flexibility index (Phi) is 4.90. The van der Waals surface area contributed by atoms with E-state index in [9.17, 15) is 0 Å². The molecule has 0 saturated heterocycles. The van der Waals surface area contributed by atoms with Gasteiger partial charge in [-0.2, -0.15) is 0 Å². The molecule has 116 valence electrons. The monoisotopic (exact) mass is 322 g/mol. The molecular formula is C18H18N4S. The molecule has 4 nitrogen and oxygen atoms in total. The predicted molar refractivity (Wildman–Crippen MR) is 97.4 cm³/mol. The second kappa shape index (κ2) is 7.26. The van der Waals surface area contributed by atoms with Crippen molar-refractivity contribution in [1.82, 2.24) is 14.4 Å². The lowest BCUT2D eigenvalue weighted by Gasteiger charge is -2.08. The van der Waals surface area contributed by atoms with Crippen LogP contribution in [0.2, 0.25) is 0 Å². The summed E-state index contributed by atoms with van der Waals surface area (Å²) in [7, 11) is 0. The molecule has 2 N–H and O–H groups in total. The summed E-state index contributed by atoms with van der Waals surface area (Å²) in [6.07, 6.45) is 9.51. The largest absolute Gasteiger partial charge is 0.330 e. The number of aromatic nitrogens is 3. The Morgan fingerprint density at radius 1 is 1.26 bits per heavy atom. The van der Waals surface area contributed by atoms with Crippen molar-refractivity contribution in [3.8, 4) is 11.3 Å². The summed E-state index contributed by atoms with van der Waals surface area (Å²) in [6.45, 7) is 4.33. The summed E-state index contributed by atoms with van der Waals surface area (Å²) in [5.74, 6) is 0.811. The van der Waals surface area contributed by atoms with Gasteiger partial charge in [-0.15, -0.1) is 11.8 Å². The molecule has 3 aromatic rings. The van der Waals surface area contributed by atoms with Gasteiger partial charge in [0.05, 0.1) is 17.6 Å². The van der Waals surface area contributed by atoms with E-state index < -0.39 is 0 Å². The van der Waals surface area contributed by atoms with Crippen LogP contribution in [-0.2, 0) is 0 Å². The molecule has 2 heterocycles. The van der Waals surface area contributed by atoms with E-state index in [2.05, 4.69) is 28.1 Å². The van der Waals surface area contributed by atoms with Gasteiger partial charge >= 0.3 is 0 Å². The van der Waals surface area contributed by atoms with Crippen LogP contribution in [0.25, 0.3) is 23.0 Å². The number of nitrogens with two attached hydrogens (primary N) is 1. The number of nitrogens with zero attached hydrogens (tertiary/aromatic N) is 3. The van der Waals surface area contributed by atoms with Crippen LogP contribution < -0.4 is 5.73 Å². The topological polar surface area (TPSA) is 56.2 Å². The molecule has 0 spiro atoms. The van der Waals surface area contributed by atoms with Gasteiger partial charge < -0.3 is 5.73 Å². The quantitative estimate of drug-likeness (QED) is 0.556. The van der Waals surface area contributed by atoms with Crippen LogP contribution in [0.3, 0.4) is 0 Å². The molecule has 2 aromatic heterocycles. The first kappa shape index (κ1) is 15.5. The van der Waals surface area contributed by atoms with Crippen molar-refractivity contribution in [2.24, 2.45) is 5.73 Å². The molecule has 0 atom stereocenters. The van der Waals surface area contributed by atoms with E-state index in [0.29, 0.717) is 6.54 Å². The third-order valence-electron chi connectivity index (χ3n) is 3.32. The summed E-state index contributed by atoms with van der Waals surface area (Å²) in [6, 6.07) is 10.1. The maximum Gasteiger partial charge on any atom is 0.170 e. The molecule has 0 fully saturated rings. The van der Waals surface area contributed by atoms with E-state index in [1.807, 2.05) is 42.7 Å². The summed E-state index contributed by atoms with van der Waals surface area (Å²) in [5.41, 5.74) is 9.49. The fourth-order valence-corrected chi connectivity index (χ4v) is 3.02. The molecule has 0 aliphatic carbocycles. The molecule has 0 unspecified atom stereocenters. The van der Waals surface area contributed by atoms with Crippen molar-refractivity contribution in [2.75, 3.05) is 12.3 Å². The summed E-state index contributed by atoms with van der Waals surface area (Å²) < 4.78 is 2.06. The first-order valence-corrected chi connectivity index (χ1v) is 8.37. The van der Waals surface area contributed by atoms with Gasteiger partial charge in [0, 0.05) is 24.1 Å². The second-order valence-electron chi connectivity index (χ2n) is 4.91. The van der Waals surface area contributed by atoms with Crippen LogP contribution in [0.1, 0.15) is 5.69 Å². The molecule has 0 amide bonds. The molecule has 0 bridgehead atoms. The number of imidazole rings is 1. The van der Waals surface area contributed by atoms with Gasteiger partial charge in [0.15, 0.2) is 5.65 Å². The first-order valence-electron chi connectivity index (χ1n) is 7.39. The Morgan fingerprint density at radius 3 is 2.83 bits per heavy atom. The number of allylic oxidation sites excluding steroid dienone is 2. The summed E-state index contributed by atoms with van der Waals surface area (Å²) in [4.78, 5) is 9.29. The summed E-state index contributed by atoms with van der Waals surface area (Å²) in [5, 5.41) is 0.898. The molecular weight excluding hydrogens is 304 g/mol. The van der Waals surface area contributed by atoms with Crippen molar-refractivity contribution in [3.05, 3.63) is 67.2 Å². The second-order valence-corrected chi connectivity index (χ2v) is 5.99. The van der Waals surface area contributed by atoms with Gasteiger partial charge in [0.2, 0.25) is 0 Å². The van der Waals surface area contributed by atoms with Gasteiger partial charge in [-0.1, -0.05) is 49.1 Å². The number of hydrogen-bond acceptors (Lipinski definition) is 4. The van der Waals surface area contributed by atoms with Gasteiger partial charge in [-0.3, -0.25) is 4.40 Å². The van der Waals surface area contributed by atoms with Crippen molar-refractivity contribution in [1.29, 1.82) is 0 Å². The maximum absolute atomic E-state index is 5.64. The van der Waals surface area contributed by atoms with E-state index >= 15 is 0 Å². The fourth-order valence-electron chi connectivity index (χ4n) is 2.27. The van der Waals surface area contributed by atoms with Crippen molar-refractivity contribution in [2.45, 2.75) is 5.03 Å². The molecule has 0 aliphatic heterocycles.